The van der Waals surface area contributed by atoms with Crippen LogP contribution in [0.4, 0.5) is 0 Å². The van der Waals surface area contributed by atoms with Crippen LogP contribution in [0.3, 0.4) is 0 Å². The summed E-state index contributed by atoms with van der Waals surface area (Å²) in [6, 6.07) is 6.92. The minimum Gasteiger partial charge on any atom is -0.543 e. The van der Waals surface area contributed by atoms with Crippen molar-refractivity contribution < 1.29 is 4.43 Å². The normalized spacial score (nSPS) is 23.0. The van der Waals surface area contributed by atoms with Crippen molar-refractivity contribution in [2.45, 2.75) is 84.4 Å². The van der Waals surface area contributed by atoms with Gasteiger partial charge < -0.3 is 4.43 Å². The summed E-state index contributed by atoms with van der Waals surface area (Å²) in [4.78, 5) is 0. The third-order valence-electron chi connectivity index (χ3n) is 6.64. The number of hydrogen-bond acceptors (Lipinski definition) is 1. The van der Waals surface area contributed by atoms with Gasteiger partial charge in [-0.25, -0.2) is 0 Å². The Bertz CT molecular complexity index is 634. The lowest BCUT2D eigenvalue weighted by molar-refractivity contribution is 0.447. The fraction of sp³-hybridized carbons (Fsp3) is 0.636. The fourth-order valence-corrected chi connectivity index (χ4v) is 10.8. The molecule has 0 aliphatic heterocycles. The summed E-state index contributed by atoms with van der Waals surface area (Å²) >= 11 is 0. The van der Waals surface area contributed by atoms with E-state index in [-0.39, 0.29) is 0 Å². The van der Waals surface area contributed by atoms with Crippen molar-refractivity contribution in [2.75, 3.05) is 0 Å². The highest BCUT2D eigenvalue weighted by molar-refractivity contribution is 6.78. The standard InChI is InChI=1S/C22H34OSi/c1-15(2)24(16(3)4,17(5)6)23-19-10-11-20-18(13-19)14-22(7)12-8-9-21(20)22/h9-11,13,15-17H,8,12,14H2,1-7H3. The van der Waals surface area contributed by atoms with Crippen molar-refractivity contribution in [2.24, 2.45) is 5.41 Å². The van der Waals surface area contributed by atoms with Crippen molar-refractivity contribution in [3.63, 3.8) is 0 Å². The predicted octanol–water partition coefficient (Wildman–Crippen LogP) is 6.98. The Morgan fingerprint density at radius 2 is 1.62 bits per heavy atom. The number of fused-ring (bicyclic) bond motifs is 3. The predicted molar refractivity (Wildman–Crippen MR) is 107 cm³/mol. The third-order valence-corrected chi connectivity index (χ3v) is 12.6. The van der Waals surface area contributed by atoms with Gasteiger partial charge >= 0.3 is 0 Å². The summed E-state index contributed by atoms with van der Waals surface area (Å²) in [6.45, 7) is 16.6. The van der Waals surface area contributed by atoms with Crippen LogP contribution in [-0.4, -0.2) is 8.32 Å². The number of hydrogen-bond donors (Lipinski definition) is 0. The maximum absolute atomic E-state index is 6.89. The molecule has 0 spiro atoms. The molecule has 0 N–H and O–H groups in total. The van der Waals surface area contributed by atoms with Gasteiger partial charge in [0.15, 0.2) is 0 Å². The lowest BCUT2D eigenvalue weighted by Gasteiger charge is -2.42. The smallest absolute Gasteiger partial charge is 0.258 e. The second-order valence-electron chi connectivity index (χ2n) is 9.13. The van der Waals surface area contributed by atoms with Crippen molar-refractivity contribution in [1.29, 1.82) is 0 Å². The van der Waals surface area contributed by atoms with Gasteiger partial charge in [-0.2, -0.15) is 0 Å². The Kier molecular flexibility index (Phi) is 4.49. The highest BCUT2D eigenvalue weighted by atomic mass is 28.4. The van der Waals surface area contributed by atoms with Crippen LogP contribution in [0.1, 0.15) is 72.4 Å². The number of allylic oxidation sites excluding steroid dienone is 2. The van der Waals surface area contributed by atoms with Crippen molar-refractivity contribution in [3.05, 3.63) is 35.4 Å². The Morgan fingerprint density at radius 3 is 2.21 bits per heavy atom. The van der Waals surface area contributed by atoms with Crippen LogP contribution in [0.15, 0.2) is 24.3 Å². The Labute approximate surface area is 149 Å². The highest BCUT2D eigenvalue weighted by Crippen LogP contribution is 2.54. The van der Waals surface area contributed by atoms with E-state index in [4.69, 9.17) is 4.43 Å². The molecule has 0 radical (unpaired) electrons. The van der Waals surface area contributed by atoms with Crippen LogP contribution in [0.25, 0.3) is 5.57 Å². The molecule has 0 aromatic heterocycles. The van der Waals surface area contributed by atoms with Crippen LogP contribution < -0.4 is 4.43 Å². The van der Waals surface area contributed by atoms with E-state index in [1.165, 1.54) is 30.4 Å². The molecule has 1 unspecified atom stereocenters. The molecule has 2 aliphatic carbocycles. The largest absolute Gasteiger partial charge is 0.543 e. The van der Waals surface area contributed by atoms with Crippen LogP contribution in [-0.2, 0) is 6.42 Å². The number of rotatable bonds is 5. The van der Waals surface area contributed by atoms with Crippen molar-refractivity contribution in [1.82, 2.24) is 0 Å². The summed E-state index contributed by atoms with van der Waals surface area (Å²) < 4.78 is 6.89. The van der Waals surface area contributed by atoms with Crippen molar-refractivity contribution in [3.8, 4) is 5.75 Å². The molecule has 2 heteroatoms. The minimum atomic E-state index is -1.86. The lowest BCUT2D eigenvalue weighted by atomic mass is 9.84. The topological polar surface area (TPSA) is 9.23 Å². The van der Waals surface area contributed by atoms with Gasteiger partial charge in [0, 0.05) is 0 Å². The molecular formula is C22H34OSi. The first kappa shape index (κ1) is 17.8. The summed E-state index contributed by atoms with van der Waals surface area (Å²) in [5, 5.41) is 0. The first-order valence-electron chi connectivity index (χ1n) is 9.73. The second kappa shape index (κ2) is 6.05. The quantitative estimate of drug-likeness (QED) is 0.524. The van der Waals surface area contributed by atoms with Gasteiger partial charge in [0.1, 0.15) is 5.75 Å². The molecule has 1 atom stereocenters. The van der Waals surface area contributed by atoms with Crippen LogP contribution in [0.2, 0.25) is 16.6 Å². The molecule has 0 saturated carbocycles. The van der Waals surface area contributed by atoms with Gasteiger partial charge in [-0.3, -0.25) is 0 Å². The van der Waals surface area contributed by atoms with E-state index >= 15 is 0 Å². The van der Waals surface area contributed by atoms with E-state index in [0.717, 1.165) is 5.75 Å². The Balaban J connectivity index is 1.95. The zero-order valence-electron chi connectivity index (χ0n) is 16.6. The average molecular weight is 343 g/mol. The first-order chi connectivity index (χ1) is 11.2. The first-order valence-corrected chi connectivity index (χ1v) is 11.9. The summed E-state index contributed by atoms with van der Waals surface area (Å²) in [5.74, 6) is 1.11. The summed E-state index contributed by atoms with van der Waals surface area (Å²) in [5.41, 5.74) is 6.79. The molecule has 0 fully saturated rings. The zero-order valence-corrected chi connectivity index (χ0v) is 17.6. The monoisotopic (exact) mass is 342 g/mol. The van der Waals surface area contributed by atoms with Gasteiger partial charge in [-0.1, -0.05) is 60.6 Å². The third kappa shape index (κ3) is 2.58. The molecule has 1 aromatic rings. The Hall–Kier alpha value is -1.02. The molecule has 0 amide bonds. The molecule has 24 heavy (non-hydrogen) atoms. The molecule has 1 aromatic carbocycles. The van der Waals surface area contributed by atoms with Gasteiger partial charge in [-0.15, -0.1) is 0 Å². The van der Waals surface area contributed by atoms with E-state index < -0.39 is 8.32 Å². The fourth-order valence-electron chi connectivity index (χ4n) is 5.56. The molecule has 3 rings (SSSR count). The molecule has 2 aliphatic rings. The maximum atomic E-state index is 6.89. The van der Waals surface area contributed by atoms with E-state index in [1.54, 1.807) is 5.57 Å². The SMILES string of the molecule is CC(C)[Si](Oc1ccc2c(c1)CC1(C)CCC=C21)(C(C)C)C(C)C. The maximum Gasteiger partial charge on any atom is 0.258 e. The molecular weight excluding hydrogens is 308 g/mol. The van der Waals surface area contributed by atoms with Gasteiger partial charge in [0.2, 0.25) is 0 Å². The van der Waals surface area contributed by atoms with Gasteiger partial charge in [-0.05, 0) is 70.1 Å². The zero-order chi connectivity index (χ0) is 17.7. The van der Waals surface area contributed by atoms with Crippen LogP contribution in [0.5, 0.6) is 5.75 Å². The molecule has 0 heterocycles. The van der Waals surface area contributed by atoms with E-state index in [0.29, 0.717) is 22.0 Å². The highest BCUT2D eigenvalue weighted by Gasteiger charge is 2.47. The van der Waals surface area contributed by atoms with Gasteiger partial charge in [0.25, 0.3) is 8.32 Å². The number of benzene rings is 1. The lowest BCUT2D eigenvalue weighted by Crippen LogP contribution is -2.50. The van der Waals surface area contributed by atoms with E-state index in [9.17, 15) is 0 Å². The van der Waals surface area contributed by atoms with E-state index in [2.05, 4.69) is 72.7 Å². The summed E-state index contributed by atoms with van der Waals surface area (Å²) in [7, 11) is -1.86. The summed E-state index contributed by atoms with van der Waals surface area (Å²) in [6.07, 6.45) is 6.19. The van der Waals surface area contributed by atoms with Crippen LogP contribution >= 0.6 is 0 Å². The minimum absolute atomic E-state index is 0.379. The van der Waals surface area contributed by atoms with Gasteiger partial charge in [0.05, 0.1) is 0 Å². The second-order valence-corrected chi connectivity index (χ2v) is 14.5. The molecule has 132 valence electrons. The Morgan fingerprint density at radius 1 is 1.00 bits per heavy atom. The average Bonchev–Trinajstić information content (AvgIpc) is 2.96. The molecule has 0 saturated heterocycles. The molecule has 0 bridgehead atoms. The van der Waals surface area contributed by atoms with Crippen LogP contribution in [0, 0.1) is 5.41 Å². The van der Waals surface area contributed by atoms with E-state index in [1.807, 2.05) is 0 Å². The van der Waals surface area contributed by atoms with Crippen molar-refractivity contribution >= 4 is 13.9 Å². The molecule has 1 nitrogen and oxygen atoms in total.